The fourth-order valence-corrected chi connectivity index (χ4v) is 5.37. The number of hydrogen-bond donors (Lipinski definition) is 0. The molecule has 3 rings (SSSR count). The fourth-order valence-electron chi connectivity index (χ4n) is 5.37. The molecule has 0 spiro atoms. The number of hydrogen-bond acceptors (Lipinski definition) is 1. The number of unbranched alkanes of at least 4 members (excludes halogenated alkanes) is 1. The van der Waals surface area contributed by atoms with Gasteiger partial charge in [0.1, 0.15) is 0 Å². The van der Waals surface area contributed by atoms with Crippen molar-refractivity contribution in [2.45, 2.75) is 89.6 Å². The lowest BCUT2D eigenvalue weighted by atomic mass is 9.74. The van der Waals surface area contributed by atoms with E-state index in [1.54, 1.807) is 5.56 Å². The van der Waals surface area contributed by atoms with Crippen LogP contribution >= 0.6 is 0 Å². The molecule has 2 aliphatic carbocycles. The Hall–Kier alpha value is -1.34. The first kappa shape index (κ1) is 22.3. The quantitative estimate of drug-likeness (QED) is 0.271. The van der Waals surface area contributed by atoms with Crippen molar-refractivity contribution in [1.82, 2.24) is 0 Å². The summed E-state index contributed by atoms with van der Waals surface area (Å²) in [5, 5.41) is 0. The molecule has 0 N–H and O–H groups in total. The van der Waals surface area contributed by atoms with E-state index in [0.717, 1.165) is 49.7 Å². The van der Waals surface area contributed by atoms with Crippen molar-refractivity contribution < 1.29 is 4.74 Å². The molecule has 2 saturated carbocycles. The predicted octanol–water partition coefficient (Wildman–Crippen LogP) is 8.22. The molecule has 1 aromatic carbocycles. The molecule has 2 aliphatic rings. The molecule has 1 nitrogen and oxygen atoms in total. The lowest BCUT2D eigenvalue weighted by Crippen LogP contribution is -2.17. The van der Waals surface area contributed by atoms with Gasteiger partial charge >= 0.3 is 0 Å². The smallest absolute Gasteiger partial charge is 0.0716 e. The largest absolute Gasteiger partial charge is 0.377 e. The molecule has 29 heavy (non-hydrogen) atoms. The van der Waals surface area contributed by atoms with Gasteiger partial charge in [-0.05, 0) is 99.0 Å². The maximum Gasteiger partial charge on any atom is 0.0716 e. The van der Waals surface area contributed by atoms with Crippen LogP contribution in [0.1, 0.15) is 94.1 Å². The van der Waals surface area contributed by atoms with Crippen LogP contribution in [-0.2, 0) is 11.3 Å². The van der Waals surface area contributed by atoms with E-state index in [1.807, 2.05) is 6.08 Å². The third-order valence-corrected chi connectivity index (χ3v) is 7.47. The van der Waals surface area contributed by atoms with Crippen molar-refractivity contribution in [3.63, 3.8) is 0 Å². The third kappa shape index (κ3) is 7.45. The van der Waals surface area contributed by atoms with Gasteiger partial charge in [-0.2, -0.15) is 0 Å². The lowest BCUT2D eigenvalue weighted by Gasteiger charge is -2.31. The van der Waals surface area contributed by atoms with Crippen molar-refractivity contribution in [3.8, 4) is 0 Å². The first-order valence-corrected chi connectivity index (χ1v) is 12.2. The highest BCUT2D eigenvalue weighted by molar-refractivity contribution is 5.25. The summed E-state index contributed by atoms with van der Waals surface area (Å²) >= 11 is 0. The summed E-state index contributed by atoms with van der Waals surface area (Å²) in [7, 11) is 0. The Morgan fingerprint density at radius 3 is 2.03 bits per heavy atom. The van der Waals surface area contributed by atoms with Crippen LogP contribution in [0.2, 0.25) is 0 Å². The van der Waals surface area contributed by atoms with Crippen LogP contribution in [0.25, 0.3) is 0 Å². The Labute approximate surface area is 179 Å². The summed E-state index contributed by atoms with van der Waals surface area (Å²) in [5.74, 6) is 3.55. The molecule has 0 atom stereocenters. The molecule has 0 amide bonds. The first-order valence-electron chi connectivity index (χ1n) is 12.2. The van der Waals surface area contributed by atoms with E-state index in [4.69, 9.17) is 4.74 Å². The number of allylic oxidation sites excluding steroid dienone is 2. The fraction of sp³-hybridized carbons (Fsp3) is 0.643. The van der Waals surface area contributed by atoms with Gasteiger partial charge in [-0.3, -0.25) is 0 Å². The Kier molecular flexibility index (Phi) is 9.54. The molecule has 0 aromatic heterocycles. The summed E-state index contributed by atoms with van der Waals surface area (Å²) in [6.45, 7) is 9.29. The minimum Gasteiger partial charge on any atom is -0.377 e. The lowest BCUT2D eigenvalue weighted by molar-refractivity contribution is 0.119. The monoisotopic (exact) mass is 394 g/mol. The van der Waals surface area contributed by atoms with E-state index >= 15 is 0 Å². The molecule has 0 heterocycles. The zero-order valence-corrected chi connectivity index (χ0v) is 18.5. The number of benzene rings is 1. The van der Waals surface area contributed by atoms with Crippen LogP contribution in [0, 0.1) is 17.8 Å². The molecule has 2 fully saturated rings. The molecule has 0 unspecified atom stereocenters. The zero-order valence-electron chi connectivity index (χ0n) is 18.5. The van der Waals surface area contributed by atoms with Crippen LogP contribution in [0.3, 0.4) is 0 Å². The Bertz CT molecular complexity index is 585. The summed E-state index contributed by atoms with van der Waals surface area (Å²) in [6, 6.07) is 9.25. The molecule has 160 valence electrons. The van der Waals surface area contributed by atoms with Gasteiger partial charge < -0.3 is 4.74 Å². The van der Waals surface area contributed by atoms with Gasteiger partial charge in [-0.15, -0.1) is 13.2 Å². The molecule has 0 aliphatic heterocycles. The molecule has 0 bridgehead atoms. The second-order valence-electron chi connectivity index (χ2n) is 9.54. The van der Waals surface area contributed by atoms with Gasteiger partial charge in [0.05, 0.1) is 6.61 Å². The maximum absolute atomic E-state index is 5.76. The Morgan fingerprint density at radius 2 is 1.45 bits per heavy atom. The van der Waals surface area contributed by atoms with Gasteiger partial charge in [-0.25, -0.2) is 0 Å². The number of rotatable bonds is 11. The summed E-state index contributed by atoms with van der Waals surface area (Å²) in [6.07, 6.45) is 20.5. The molecule has 0 radical (unpaired) electrons. The average molecular weight is 395 g/mol. The van der Waals surface area contributed by atoms with Crippen molar-refractivity contribution in [1.29, 1.82) is 0 Å². The van der Waals surface area contributed by atoms with E-state index in [2.05, 4.69) is 43.5 Å². The maximum atomic E-state index is 5.76. The standard InChI is InChI=1S/C28H42O/c1-3-5-6-21-29-22-26-15-19-28(20-16-26)27-17-13-25(14-18-27)12-11-24-9-7-23(4-2)8-10-24/h3-4,15-16,19-20,23-25,27H,1-2,5-14,17-18,21-22H2/t23-,24-,25?,27?. The number of ether oxygens (including phenoxy) is 1. The SMILES string of the molecule is C=CCCCOCc1ccc(C2CCC(CC[C@H]3CC[C@H](C=C)CC3)CC2)cc1. The van der Waals surface area contributed by atoms with Gasteiger partial charge in [0.25, 0.3) is 0 Å². The highest BCUT2D eigenvalue weighted by Crippen LogP contribution is 2.39. The summed E-state index contributed by atoms with van der Waals surface area (Å²) < 4.78 is 5.76. The van der Waals surface area contributed by atoms with Crippen LogP contribution in [0.15, 0.2) is 49.6 Å². The van der Waals surface area contributed by atoms with Crippen LogP contribution in [-0.4, -0.2) is 6.61 Å². The second-order valence-corrected chi connectivity index (χ2v) is 9.54. The van der Waals surface area contributed by atoms with Gasteiger partial charge in [0.15, 0.2) is 0 Å². The van der Waals surface area contributed by atoms with Crippen molar-refractivity contribution in [2.24, 2.45) is 17.8 Å². The van der Waals surface area contributed by atoms with Crippen LogP contribution < -0.4 is 0 Å². The predicted molar refractivity (Wildman–Crippen MR) is 125 cm³/mol. The van der Waals surface area contributed by atoms with Gasteiger partial charge in [0, 0.05) is 6.61 Å². The third-order valence-electron chi connectivity index (χ3n) is 7.47. The van der Waals surface area contributed by atoms with Crippen LogP contribution in [0.4, 0.5) is 0 Å². The molecule has 0 saturated heterocycles. The molecule has 1 aromatic rings. The van der Waals surface area contributed by atoms with E-state index in [-0.39, 0.29) is 0 Å². The molecular weight excluding hydrogens is 352 g/mol. The zero-order chi connectivity index (χ0) is 20.3. The highest BCUT2D eigenvalue weighted by atomic mass is 16.5. The van der Waals surface area contributed by atoms with Gasteiger partial charge in [0.2, 0.25) is 0 Å². The van der Waals surface area contributed by atoms with E-state index in [9.17, 15) is 0 Å². The normalized spacial score (nSPS) is 27.4. The minimum atomic E-state index is 0.735. The van der Waals surface area contributed by atoms with Crippen molar-refractivity contribution in [3.05, 3.63) is 60.7 Å². The Balaban J connectivity index is 1.32. The second kappa shape index (κ2) is 12.4. The summed E-state index contributed by atoms with van der Waals surface area (Å²) in [5.41, 5.74) is 2.84. The van der Waals surface area contributed by atoms with Gasteiger partial charge in [-0.1, -0.05) is 49.3 Å². The highest BCUT2D eigenvalue weighted by Gasteiger charge is 2.24. The first-order chi connectivity index (χ1) is 14.3. The summed E-state index contributed by atoms with van der Waals surface area (Å²) in [4.78, 5) is 0. The molecular formula is C28H42O. The molecule has 1 heteroatoms. The van der Waals surface area contributed by atoms with E-state index in [0.29, 0.717) is 0 Å². The van der Waals surface area contributed by atoms with E-state index in [1.165, 1.54) is 69.8 Å². The van der Waals surface area contributed by atoms with Crippen molar-refractivity contribution in [2.75, 3.05) is 6.61 Å². The average Bonchev–Trinajstić information content (AvgIpc) is 2.79. The van der Waals surface area contributed by atoms with E-state index < -0.39 is 0 Å². The Morgan fingerprint density at radius 1 is 0.828 bits per heavy atom. The topological polar surface area (TPSA) is 9.23 Å². The minimum absolute atomic E-state index is 0.735. The van der Waals surface area contributed by atoms with Crippen LogP contribution in [0.5, 0.6) is 0 Å². The van der Waals surface area contributed by atoms with Crippen molar-refractivity contribution >= 4 is 0 Å².